The molecule has 0 saturated carbocycles. The number of aliphatic hydroxyl groups is 2. The van der Waals surface area contributed by atoms with E-state index in [0.717, 1.165) is 6.08 Å². The molecule has 12 atom stereocenters. The fraction of sp³-hybridized carbons (Fsp3) is 0.515. The number of anilines is 1. The molecule has 0 aromatic heterocycles. The number of aliphatic hydroxyl groups excluding tert-OH is 2. The zero-order valence-corrected chi connectivity index (χ0v) is 53.9. The molecule has 3 aliphatic rings. The maximum Gasteiger partial charge on any atom is 0.405 e. The molecule has 26 heteroatoms. The summed E-state index contributed by atoms with van der Waals surface area (Å²) in [5, 5.41) is 54.6. The lowest BCUT2D eigenvalue weighted by atomic mass is 9.85. The molecular formula is C66H104N6O19S. The summed E-state index contributed by atoms with van der Waals surface area (Å²) in [5.74, 6) is -3.43. The SMILES string of the molecule is C.C.C.C=CCNC1=C2C[C@@H](C)C[C@H](OC)[C@H](O)[C@@H](C)/C=C(\C)[C@H](OC(N)=O)[C@@H](OC)/C=C\C=C(/C)C(=O)NC(=CC1=O)C2=O.C=CC[NH2+]c1c(O)cc2c(O)c1C[C@@H](C)C[C@H](OC)[C@H](O)[C@@H](C)/C=C(\C)[C@H](OC(N)=O)[C@@H](OC)/C=C\C=C(/C)C(=O)N2.CS(=O)(=O)[O-]. The minimum Gasteiger partial charge on any atom is -0.748 e. The first kappa shape index (κ1) is 86.5. The van der Waals surface area contributed by atoms with Gasteiger partial charge in [0.1, 0.15) is 18.0 Å². The summed E-state index contributed by atoms with van der Waals surface area (Å²) in [6, 6.07) is 1.31. The van der Waals surface area contributed by atoms with Gasteiger partial charge in [0.05, 0.1) is 63.7 Å². The molecule has 0 unspecified atom stereocenters. The quantitative estimate of drug-likeness (QED) is 0.0265. The Balaban J connectivity index is 0. The average Bonchev–Trinajstić information content (AvgIpc) is 0.852. The summed E-state index contributed by atoms with van der Waals surface area (Å²) in [4.78, 5) is 76.0. The highest BCUT2D eigenvalue weighted by Gasteiger charge is 2.35. The third-order valence-electron chi connectivity index (χ3n) is 14.6. The number of ketones is 2. The van der Waals surface area contributed by atoms with Crippen LogP contribution in [-0.4, -0.2) is 166 Å². The van der Waals surface area contributed by atoms with Gasteiger partial charge in [0.25, 0.3) is 11.8 Å². The van der Waals surface area contributed by atoms with Crippen LogP contribution in [0.5, 0.6) is 11.5 Å². The highest BCUT2D eigenvalue weighted by Crippen LogP contribution is 2.41. The van der Waals surface area contributed by atoms with Crippen molar-refractivity contribution in [3.05, 3.63) is 131 Å². The number of benzene rings is 1. The van der Waals surface area contributed by atoms with Crippen molar-refractivity contribution in [2.24, 2.45) is 35.1 Å². The first-order valence-corrected chi connectivity index (χ1v) is 30.4. The first-order chi connectivity index (χ1) is 41.7. The van der Waals surface area contributed by atoms with Crippen molar-refractivity contribution >= 4 is 57.1 Å². The van der Waals surface area contributed by atoms with Gasteiger partial charge in [-0.25, -0.2) is 18.0 Å². The molecule has 0 fully saturated rings. The Kier molecular flexibility index (Phi) is 39.4. The lowest BCUT2D eigenvalue weighted by Gasteiger charge is -2.30. The van der Waals surface area contributed by atoms with Crippen LogP contribution in [0.2, 0.25) is 0 Å². The Bertz CT molecular complexity index is 3050. The molecule has 4 bridgehead atoms. The maximum atomic E-state index is 13.5. The second-order valence-corrected chi connectivity index (χ2v) is 23.5. The van der Waals surface area contributed by atoms with Gasteiger partial charge in [0.2, 0.25) is 11.6 Å². The Hall–Kier alpha value is -7.53. The van der Waals surface area contributed by atoms with Gasteiger partial charge in [-0.2, -0.15) is 0 Å². The molecule has 1 aromatic rings. The Morgan fingerprint density at radius 2 is 1.17 bits per heavy atom. The van der Waals surface area contributed by atoms with Gasteiger partial charge in [-0.3, -0.25) is 19.2 Å². The average molecular weight is 1320 g/mol. The number of primary amides is 2. The number of nitrogens with two attached hydrogens (primary N) is 3. The molecule has 0 saturated heterocycles. The van der Waals surface area contributed by atoms with E-state index in [-0.39, 0.29) is 86.8 Å². The predicted molar refractivity (Wildman–Crippen MR) is 354 cm³/mol. The predicted octanol–water partition coefficient (Wildman–Crippen LogP) is 6.55. The van der Waals surface area contributed by atoms with E-state index in [1.54, 1.807) is 88.5 Å². The molecular weight excluding hydrogens is 1210 g/mol. The Morgan fingerprint density at radius 3 is 1.58 bits per heavy atom. The molecule has 92 heavy (non-hydrogen) atoms. The summed E-state index contributed by atoms with van der Waals surface area (Å²) < 4.78 is 60.4. The zero-order chi connectivity index (χ0) is 67.6. The fourth-order valence-corrected chi connectivity index (χ4v) is 10.0. The molecule has 4 rings (SSSR count). The van der Waals surface area contributed by atoms with Crippen LogP contribution < -0.4 is 32.7 Å². The van der Waals surface area contributed by atoms with E-state index >= 15 is 0 Å². The minimum absolute atomic E-state index is 0. The van der Waals surface area contributed by atoms with Gasteiger partial charge in [-0.05, 0) is 82.4 Å². The number of quaternary nitrogens is 1. The van der Waals surface area contributed by atoms with Crippen molar-refractivity contribution in [3.63, 3.8) is 0 Å². The Morgan fingerprint density at radius 1 is 0.739 bits per heavy atom. The van der Waals surface area contributed by atoms with Crippen LogP contribution in [0.15, 0.2) is 125 Å². The molecule has 1 aromatic carbocycles. The number of carbonyl (C=O) groups is 6. The lowest BCUT2D eigenvalue weighted by molar-refractivity contribution is -0.562. The van der Waals surface area contributed by atoms with E-state index in [0.29, 0.717) is 60.0 Å². The van der Waals surface area contributed by atoms with Gasteiger partial charge < -0.3 is 86.1 Å². The number of carbonyl (C=O) groups excluding carboxylic acids is 6. The van der Waals surface area contributed by atoms with Gasteiger partial charge in [0.15, 0.2) is 23.6 Å². The highest BCUT2D eigenvalue weighted by molar-refractivity contribution is 7.84. The van der Waals surface area contributed by atoms with E-state index < -0.39 is 106 Å². The normalized spacial score (nSPS) is 28.5. The number of allylic oxidation sites excluding steroid dienone is 6. The molecule has 0 spiro atoms. The van der Waals surface area contributed by atoms with Crippen molar-refractivity contribution in [1.29, 1.82) is 0 Å². The lowest BCUT2D eigenvalue weighted by Crippen LogP contribution is -2.78. The standard InChI is InChI=1S/C31H45N3O8.C31H43N3O8.CH4O3S.3CH4/c2*1-8-12-33-26-21-13-17(2)14-25(41-7)27(36)19(4)15-20(5)29(42-31(32)39)24(40-6)11-9-10-18(3)30(38)34-22(28(21)37)16-23(26)35;1-5(2,3)4;;;/h8-11,15-17,19,24-25,27,29,33,35-37H,1,12-14H2,2-7H3,(H2,32,39)(H,34,38);8-11,15-17,19,24-25,27,29,33,36H,1,12-14H2,2-7H3,(H2,32,39)(H,34,38);1H3,(H,2,3,4);3*1H4/b2*11-9-,18-10+,20-15+;;;;/t2*17-,19+,24+,25+,27-,29+;;;;/m11..../s1. The number of fused-ring (bicyclic) bond motifs is 4. The van der Waals surface area contributed by atoms with E-state index in [2.05, 4.69) is 29.1 Å². The molecule has 2 aliphatic heterocycles. The number of Topliss-reactive ketones (excluding diaryl/α,β-unsaturated/α-hetero) is 1. The van der Waals surface area contributed by atoms with Gasteiger partial charge in [0, 0.05) is 81.9 Å². The summed E-state index contributed by atoms with van der Waals surface area (Å²) in [6.45, 7) is 22.2. The number of nitrogens with one attached hydrogen (secondary N) is 3. The first-order valence-electron chi connectivity index (χ1n) is 28.6. The number of phenolic OH excluding ortho intramolecular Hbond substituents is 2. The topological polar surface area (TPSA) is 401 Å². The van der Waals surface area contributed by atoms with Crippen LogP contribution in [0.1, 0.15) is 102 Å². The molecule has 4 amide bonds. The van der Waals surface area contributed by atoms with E-state index in [9.17, 15) is 49.2 Å². The third-order valence-corrected chi connectivity index (χ3v) is 14.6. The summed E-state index contributed by atoms with van der Waals surface area (Å²) in [5.41, 5.74) is 13.6. The van der Waals surface area contributed by atoms with Gasteiger partial charge >= 0.3 is 12.2 Å². The van der Waals surface area contributed by atoms with E-state index in [1.807, 2.05) is 20.8 Å². The Labute approximate surface area is 544 Å². The number of rotatable bonds is 12. The van der Waals surface area contributed by atoms with Crippen molar-refractivity contribution in [3.8, 4) is 11.5 Å². The van der Waals surface area contributed by atoms with Crippen LogP contribution in [0, 0.1) is 23.7 Å². The summed E-state index contributed by atoms with van der Waals surface area (Å²) >= 11 is 0. The third kappa shape index (κ3) is 27.7. The highest BCUT2D eigenvalue weighted by atomic mass is 32.2. The van der Waals surface area contributed by atoms with Crippen LogP contribution in [0.25, 0.3) is 0 Å². The summed E-state index contributed by atoms with van der Waals surface area (Å²) in [7, 11) is 1.96. The van der Waals surface area contributed by atoms with Crippen LogP contribution in [0.4, 0.5) is 21.0 Å². The largest absolute Gasteiger partial charge is 0.748 e. The van der Waals surface area contributed by atoms with Crippen LogP contribution in [0.3, 0.4) is 0 Å². The fourth-order valence-electron chi connectivity index (χ4n) is 10.0. The number of hydrogen-bond acceptors (Lipinski definition) is 20. The van der Waals surface area contributed by atoms with Crippen molar-refractivity contribution in [1.82, 2.24) is 10.6 Å². The summed E-state index contributed by atoms with van der Waals surface area (Å²) in [6.07, 6.45) is 10.7. The molecule has 1 aliphatic carbocycles. The minimum atomic E-state index is -3.92. The zero-order valence-electron chi connectivity index (χ0n) is 53.1. The maximum absolute atomic E-state index is 13.5. The van der Waals surface area contributed by atoms with E-state index in [4.69, 9.17) is 52.9 Å². The van der Waals surface area contributed by atoms with Crippen molar-refractivity contribution in [2.75, 3.05) is 53.1 Å². The van der Waals surface area contributed by atoms with Crippen molar-refractivity contribution < 1.29 is 95.9 Å². The van der Waals surface area contributed by atoms with Crippen molar-refractivity contribution in [2.45, 2.75) is 152 Å². The number of aromatic hydroxyl groups is 2. The molecule has 518 valence electrons. The molecule has 0 radical (unpaired) electrons. The van der Waals surface area contributed by atoms with Crippen LogP contribution in [-0.2, 0) is 64.1 Å². The number of amides is 4. The number of ether oxygens (including phenoxy) is 6. The smallest absolute Gasteiger partial charge is 0.405 e. The second kappa shape index (κ2) is 41.8. The number of phenols is 2. The number of hydrogen-bond donors (Lipinski definition) is 10. The van der Waals surface area contributed by atoms with Gasteiger partial charge in [-0.15, -0.1) is 6.58 Å². The van der Waals surface area contributed by atoms with Gasteiger partial charge in [-0.1, -0.05) is 111 Å². The monoisotopic (exact) mass is 1320 g/mol. The molecule has 2 heterocycles. The molecule has 13 N–H and O–H groups in total. The van der Waals surface area contributed by atoms with Crippen LogP contribution >= 0.6 is 0 Å². The number of methoxy groups -OCH3 is 4. The second-order valence-electron chi connectivity index (χ2n) is 22.0. The molecule has 25 nitrogen and oxygen atoms in total. The van der Waals surface area contributed by atoms with E-state index in [1.165, 1.54) is 46.7 Å².